The number of aromatic nitrogens is 6. The number of anilines is 1. The van der Waals surface area contributed by atoms with Gasteiger partial charge in [-0.3, -0.25) is 0 Å². The van der Waals surface area contributed by atoms with E-state index in [9.17, 15) is 0 Å². The third kappa shape index (κ3) is 2.56. The van der Waals surface area contributed by atoms with Gasteiger partial charge in [-0.05, 0) is 43.5 Å². The Kier molecular flexibility index (Phi) is 3.19. The van der Waals surface area contributed by atoms with Crippen molar-refractivity contribution in [2.24, 2.45) is 5.92 Å². The van der Waals surface area contributed by atoms with Crippen molar-refractivity contribution in [2.75, 3.05) is 25.0 Å². The highest BCUT2D eigenvalue weighted by Gasteiger charge is 2.34. The molecule has 0 spiro atoms. The van der Waals surface area contributed by atoms with Gasteiger partial charge in [0.05, 0.1) is 0 Å². The zero-order valence-electron chi connectivity index (χ0n) is 11.4. The minimum Gasteiger partial charge on any atom is -0.350 e. The van der Waals surface area contributed by atoms with E-state index < -0.39 is 0 Å². The highest BCUT2D eigenvalue weighted by atomic mass is 35.5. The average molecular weight is 307 g/mol. The maximum absolute atomic E-state index is 5.99. The molecule has 1 unspecified atom stereocenters. The maximum Gasteiger partial charge on any atom is 0.258 e. The highest BCUT2D eigenvalue weighted by Crippen LogP contribution is 2.29. The van der Waals surface area contributed by atoms with Crippen LogP contribution < -0.4 is 5.32 Å². The quantitative estimate of drug-likeness (QED) is 0.889. The zero-order chi connectivity index (χ0) is 14.2. The van der Waals surface area contributed by atoms with Crippen LogP contribution in [0.2, 0.25) is 5.28 Å². The van der Waals surface area contributed by atoms with E-state index in [1.807, 2.05) is 0 Å². The number of piperidine rings is 3. The van der Waals surface area contributed by atoms with Gasteiger partial charge in [0.1, 0.15) is 12.7 Å². The third-order valence-corrected chi connectivity index (χ3v) is 4.36. The Labute approximate surface area is 126 Å². The van der Waals surface area contributed by atoms with Crippen LogP contribution in [0.25, 0.3) is 5.95 Å². The molecular weight excluding hydrogens is 292 g/mol. The predicted molar refractivity (Wildman–Crippen MR) is 76.3 cm³/mol. The van der Waals surface area contributed by atoms with Gasteiger partial charge < -0.3 is 10.2 Å². The molecule has 21 heavy (non-hydrogen) atoms. The Bertz CT molecular complexity index is 622. The third-order valence-electron chi connectivity index (χ3n) is 4.19. The van der Waals surface area contributed by atoms with Crippen LogP contribution in [0.15, 0.2) is 12.7 Å². The minimum atomic E-state index is 0.152. The van der Waals surface area contributed by atoms with E-state index in [0.717, 1.165) is 6.54 Å². The van der Waals surface area contributed by atoms with Crippen LogP contribution in [-0.4, -0.2) is 60.3 Å². The number of nitrogens with one attached hydrogen (secondary N) is 1. The molecule has 3 saturated heterocycles. The van der Waals surface area contributed by atoms with Gasteiger partial charge in [0.25, 0.3) is 5.95 Å². The van der Waals surface area contributed by atoms with E-state index in [2.05, 4.69) is 35.3 Å². The predicted octanol–water partition coefficient (Wildman–Crippen LogP) is 0.612. The summed E-state index contributed by atoms with van der Waals surface area (Å²) in [5, 5.41) is 7.57. The number of hydrogen-bond donors (Lipinski definition) is 1. The van der Waals surface area contributed by atoms with E-state index in [-0.39, 0.29) is 5.28 Å². The maximum atomic E-state index is 5.99. The van der Waals surface area contributed by atoms with Crippen LogP contribution in [0.3, 0.4) is 0 Å². The summed E-state index contributed by atoms with van der Waals surface area (Å²) in [5.74, 6) is 1.55. The largest absolute Gasteiger partial charge is 0.350 e. The first-order valence-corrected chi connectivity index (χ1v) is 7.41. The van der Waals surface area contributed by atoms with E-state index in [4.69, 9.17) is 11.6 Å². The van der Waals surface area contributed by atoms with Crippen molar-refractivity contribution in [3.8, 4) is 5.95 Å². The van der Waals surface area contributed by atoms with Gasteiger partial charge in [-0.25, -0.2) is 4.98 Å². The van der Waals surface area contributed by atoms with Crippen molar-refractivity contribution < 1.29 is 0 Å². The fourth-order valence-electron chi connectivity index (χ4n) is 3.11. The summed E-state index contributed by atoms with van der Waals surface area (Å²) < 4.78 is 1.47. The summed E-state index contributed by atoms with van der Waals surface area (Å²) in [6, 6.07) is 0.370. The van der Waals surface area contributed by atoms with Crippen molar-refractivity contribution in [1.82, 2.24) is 34.6 Å². The Hall–Kier alpha value is -1.80. The molecule has 1 N–H and O–H groups in total. The lowest BCUT2D eigenvalue weighted by Gasteiger charge is -2.44. The monoisotopic (exact) mass is 306 g/mol. The molecule has 0 radical (unpaired) electrons. The molecule has 9 heteroatoms. The number of halogens is 1. The summed E-state index contributed by atoms with van der Waals surface area (Å²) >= 11 is 5.99. The van der Waals surface area contributed by atoms with Crippen LogP contribution in [0, 0.1) is 5.92 Å². The number of nitrogens with zero attached hydrogens (tertiary/aromatic N) is 7. The molecule has 0 amide bonds. The van der Waals surface area contributed by atoms with Gasteiger partial charge >= 0.3 is 0 Å². The van der Waals surface area contributed by atoms with Gasteiger partial charge in [-0.15, -0.1) is 0 Å². The topological polar surface area (TPSA) is 84.7 Å². The summed E-state index contributed by atoms with van der Waals surface area (Å²) in [6.45, 7) is 3.43. The highest BCUT2D eigenvalue weighted by molar-refractivity contribution is 6.28. The van der Waals surface area contributed by atoms with Crippen LogP contribution in [0.5, 0.6) is 0 Å². The average Bonchev–Trinajstić information content (AvgIpc) is 3.02. The van der Waals surface area contributed by atoms with Gasteiger partial charge in [0.2, 0.25) is 11.2 Å². The first kappa shape index (κ1) is 12.9. The summed E-state index contributed by atoms with van der Waals surface area (Å²) in [6.07, 6.45) is 5.42. The molecule has 0 aliphatic carbocycles. The normalized spacial score (nSPS) is 27.8. The van der Waals surface area contributed by atoms with Crippen LogP contribution >= 0.6 is 11.6 Å². The number of rotatable bonds is 3. The fourth-order valence-corrected chi connectivity index (χ4v) is 3.27. The second kappa shape index (κ2) is 5.19. The molecule has 1 atom stereocenters. The second-order valence-corrected chi connectivity index (χ2v) is 5.80. The smallest absolute Gasteiger partial charge is 0.258 e. The Balaban J connectivity index is 1.58. The number of fused-ring (bicyclic) bond motifs is 3. The molecule has 2 aromatic heterocycles. The SMILES string of the molecule is Clc1nc(NC2CN3CCC2CC3)nc(-n2cncn2)n1. The summed E-state index contributed by atoms with van der Waals surface area (Å²) in [7, 11) is 0. The Morgan fingerprint density at radius 3 is 2.71 bits per heavy atom. The Morgan fingerprint density at radius 2 is 2.05 bits per heavy atom. The van der Waals surface area contributed by atoms with Gasteiger partial charge in [0, 0.05) is 12.6 Å². The lowest BCUT2D eigenvalue weighted by molar-refractivity contribution is 0.0972. The van der Waals surface area contributed by atoms with Crippen molar-refractivity contribution in [3.63, 3.8) is 0 Å². The van der Waals surface area contributed by atoms with Gasteiger partial charge in [-0.1, -0.05) is 0 Å². The van der Waals surface area contributed by atoms with E-state index in [1.54, 1.807) is 0 Å². The number of hydrogen-bond acceptors (Lipinski definition) is 7. The van der Waals surface area contributed by atoms with Crippen LogP contribution in [-0.2, 0) is 0 Å². The Morgan fingerprint density at radius 1 is 1.19 bits per heavy atom. The molecule has 3 aliphatic heterocycles. The molecular formula is C12H15ClN8. The summed E-state index contributed by atoms with van der Waals surface area (Å²) in [5.41, 5.74) is 0. The molecule has 3 fully saturated rings. The lowest BCUT2D eigenvalue weighted by atomic mass is 9.84. The van der Waals surface area contributed by atoms with Crippen molar-refractivity contribution in [2.45, 2.75) is 18.9 Å². The van der Waals surface area contributed by atoms with Crippen LogP contribution in [0.4, 0.5) is 5.95 Å². The van der Waals surface area contributed by atoms with Crippen molar-refractivity contribution in [1.29, 1.82) is 0 Å². The van der Waals surface area contributed by atoms with Gasteiger partial charge in [0.15, 0.2) is 0 Å². The molecule has 0 aromatic carbocycles. The molecule has 110 valence electrons. The molecule has 5 heterocycles. The molecule has 0 saturated carbocycles. The van der Waals surface area contributed by atoms with Gasteiger partial charge in [-0.2, -0.15) is 24.7 Å². The van der Waals surface area contributed by atoms with E-state index in [1.165, 1.54) is 43.3 Å². The zero-order valence-corrected chi connectivity index (χ0v) is 12.1. The lowest BCUT2D eigenvalue weighted by Crippen LogP contribution is -2.53. The minimum absolute atomic E-state index is 0.152. The molecule has 2 bridgehead atoms. The van der Waals surface area contributed by atoms with Crippen molar-refractivity contribution >= 4 is 17.5 Å². The fraction of sp³-hybridized carbons (Fsp3) is 0.583. The summed E-state index contributed by atoms with van der Waals surface area (Å²) in [4.78, 5) is 19.0. The standard InChI is InChI=1S/C12H15ClN8/c13-10-17-11(19-12(18-10)21-7-14-6-15-21)16-9-5-20-3-1-8(9)2-4-20/h6-9H,1-5H2,(H,16,17,18,19). The van der Waals surface area contributed by atoms with Crippen LogP contribution in [0.1, 0.15) is 12.8 Å². The van der Waals surface area contributed by atoms with Crippen molar-refractivity contribution in [3.05, 3.63) is 17.9 Å². The molecule has 8 nitrogen and oxygen atoms in total. The van der Waals surface area contributed by atoms with E-state index >= 15 is 0 Å². The molecule has 3 aliphatic rings. The molecule has 5 rings (SSSR count). The molecule has 2 aromatic rings. The first-order chi connectivity index (χ1) is 10.3. The second-order valence-electron chi connectivity index (χ2n) is 5.46. The van der Waals surface area contributed by atoms with E-state index in [0.29, 0.717) is 23.9 Å². The first-order valence-electron chi connectivity index (χ1n) is 7.03.